The molecule has 0 aromatic carbocycles. The van der Waals surface area contributed by atoms with E-state index in [2.05, 4.69) is 16.8 Å². The van der Waals surface area contributed by atoms with Crippen molar-refractivity contribution in [3.8, 4) is 0 Å². The van der Waals surface area contributed by atoms with Gasteiger partial charge in [0.2, 0.25) is 0 Å². The van der Waals surface area contributed by atoms with E-state index in [0.717, 1.165) is 18.2 Å². The maximum Gasteiger partial charge on any atom is 0.175 e. The summed E-state index contributed by atoms with van der Waals surface area (Å²) < 4.78 is 0. The fourth-order valence-electron chi connectivity index (χ4n) is 2.21. The zero-order chi connectivity index (χ0) is 11.5. The Kier molecular flexibility index (Phi) is 3.44. The summed E-state index contributed by atoms with van der Waals surface area (Å²) in [5.74, 6) is 0.980. The van der Waals surface area contributed by atoms with E-state index in [0.29, 0.717) is 0 Å². The van der Waals surface area contributed by atoms with Gasteiger partial charge in [-0.05, 0) is 43.5 Å². The van der Waals surface area contributed by atoms with Crippen molar-refractivity contribution in [2.75, 3.05) is 13.1 Å². The van der Waals surface area contributed by atoms with Crippen LogP contribution in [0.2, 0.25) is 0 Å². The normalized spacial score (nSPS) is 18.9. The van der Waals surface area contributed by atoms with Crippen LogP contribution < -0.4 is 0 Å². The van der Waals surface area contributed by atoms with Gasteiger partial charge < -0.3 is 4.98 Å². The van der Waals surface area contributed by atoms with Crippen molar-refractivity contribution in [1.29, 1.82) is 0 Å². The number of carbonyl (C=O) groups excluding carboxylic acids is 1. The summed E-state index contributed by atoms with van der Waals surface area (Å²) in [6.45, 7) is 7.25. The Morgan fingerprint density at radius 3 is 2.75 bits per heavy atom. The van der Waals surface area contributed by atoms with Crippen molar-refractivity contribution in [2.45, 2.75) is 33.2 Å². The molecular formula is C13H20N2O. The highest BCUT2D eigenvalue weighted by Gasteiger charge is 2.16. The Morgan fingerprint density at radius 2 is 2.19 bits per heavy atom. The van der Waals surface area contributed by atoms with Gasteiger partial charge in [0.05, 0.1) is 5.69 Å². The van der Waals surface area contributed by atoms with Gasteiger partial charge in [-0.2, -0.15) is 0 Å². The second-order valence-corrected chi connectivity index (χ2v) is 4.94. The molecule has 0 saturated carbocycles. The van der Waals surface area contributed by atoms with Crippen LogP contribution in [-0.4, -0.2) is 28.8 Å². The molecule has 2 rings (SSSR count). The first kappa shape index (κ1) is 11.4. The van der Waals surface area contributed by atoms with E-state index in [1.165, 1.54) is 31.5 Å². The molecule has 1 aromatic heterocycles. The van der Waals surface area contributed by atoms with Gasteiger partial charge in [-0.3, -0.25) is 9.69 Å². The second-order valence-electron chi connectivity index (χ2n) is 4.94. The van der Waals surface area contributed by atoms with Crippen LogP contribution in [0.1, 0.15) is 42.7 Å². The first-order valence-corrected chi connectivity index (χ1v) is 6.05. The SMILES string of the molecule is CC(=O)c1cc(CN2CCC(C)CC2)c[nH]1. The fourth-order valence-corrected chi connectivity index (χ4v) is 2.21. The lowest BCUT2D eigenvalue weighted by Crippen LogP contribution is -2.32. The van der Waals surface area contributed by atoms with Crippen LogP contribution in [0.3, 0.4) is 0 Å². The third-order valence-corrected chi connectivity index (χ3v) is 3.40. The van der Waals surface area contributed by atoms with Crippen molar-refractivity contribution < 1.29 is 4.79 Å². The number of aromatic nitrogens is 1. The van der Waals surface area contributed by atoms with Crippen molar-refractivity contribution in [3.05, 3.63) is 23.5 Å². The van der Waals surface area contributed by atoms with E-state index in [1.54, 1.807) is 6.92 Å². The molecule has 3 nitrogen and oxygen atoms in total. The number of hydrogen-bond donors (Lipinski definition) is 1. The van der Waals surface area contributed by atoms with Gasteiger partial charge in [-0.1, -0.05) is 6.92 Å². The average Bonchev–Trinajstić information content (AvgIpc) is 2.70. The fraction of sp³-hybridized carbons (Fsp3) is 0.615. The first-order valence-electron chi connectivity index (χ1n) is 6.05. The summed E-state index contributed by atoms with van der Waals surface area (Å²) >= 11 is 0. The Labute approximate surface area is 96.8 Å². The quantitative estimate of drug-likeness (QED) is 0.794. The molecule has 2 heterocycles. The molecule has 0 bridgehead atoms. The molecule has 16 heavy (non-hydrogen) atoms. The second kappa shape index (κ2) is 4.83. The predicted octanol–water partition coefficient (Wildman–Crippen LogP) is 2.45. The van der Waals surface area contributed by atoms with Crippen LogP contribution in [0.4, 0.5) is 0 Å². The predicted molar refractivity (Wildman–Crippen MR) is 64.5 cm³/mol. The van der Waals surface area contributed by atoms with Crippen LogP contribution in [0, 0.1) is 5.92 Å². The molecule has 0 spiro atoms. The molecule has 1 aliphatic rings. The smallest absolute Gasteiger partial charge is 0.175 e. The maximum absolute atomic E-state index is 11.1. The zero-order valence-corrected chi connectivity index (χ0v) is 10.1. The number of nitrogens with zero attached hydrogens (tertiary/aromatic N) is 1. The molecular weight excluding hydrogens is 200 g/mol. The Bertz CT molecular complexity index is 362. The molecule has 0 atom stereocenters. The highest BCUT2D eigenvalue weighted by atomic mass is 16.1. The number of rotatable bonds is 3. The summed E-state index contributed by atoms with van der Waals surface area (Å²) in [6.07, 6.45) is 4.54. The minimum Gasteiger partial charge on any atom is -0.358 e. The molecule has 1 saturated heterocycles. The molecule has 0 unspecified atom stereocenters. The molecule has 1 aliphatic heterocycles. The van der Waals surface area contributed by atoms with Crippen molar-refractivity contribution >= 4 is 5.78 Å². The van der Waals surface area contributed by atoms with Crippen LogP contribution in [0.15, 0.2) is 12.3 Å². The highest BCUT2D eigenvalue weighted by molar-refractivity contribution is 5.92. The molecule has 1 aromatic rings. The lowest BCUT2D eigenvalue weighted by atomic mass is 9.99. The Morgan fingerprint density at radius 1 is 1.50 bits per heavy atom. The Balaban J connectivity index is 1.91. The first-order chi connectivity index (χ1) is 7.65. The minimum atomic E-state index is 0.110. The van der Waals surface area contributed by atoms with Gasteiger partial charge in [0.1, 0.15) is 0 Å². The van der Waals surface area contributed by atoms with Crippen LogP contribution in [-0.2, 0) is 6.54 Å². The Hall–Kier alpha value is -1.09. The third-order valence-electron chi connectivity index (χ3n) is 3.40. The van der Waals surface area contributed by atoms with Crippen LogP contribution >= 0.6 is 0 Å². The average molecular weight is 220 g/mol. The molecule has 1 N–H and O–H groups in total. The number of ketones is 1. The van der Waals surface area contributed by atoms with Crippen LogP contribution in [0.5, 0.6) is 0 Å². The molecule has 0 amide bonds. The summed E-state index contributed by atoms with van der Waals surface area (Å²) in [4.78, 5) is 16.6. The zero-order valence-electron chi connectivity index (χ0n) is 10.1. The van der Waals surface area contributed by atoms with Gasteiger partial charge in [0.25, 0.3) is 0 Å². The molecule has 88 valence electrons. The largest absolute Gasteiger partial charge is 0.358 e. The van der Waals surface area contributed by atoms with E-state index in [9.17, 15) is 4.79 Å². The van der Waals surface area contributed by atoms with Gasteiger partial charge in [0.15, 0.2) is 5.78 Å². The molecule has 0 radical (unpaired) electrons. The number of piperidine rings is 1. The van der Waals surface area contributed by atoms with Crippen molar-refractivity contribution in [3.63, 3.8) is 0 Å². The van der Waals surface area contributed by atoms with Gasteiger partial charge in [-0.25, -0.2) is 0 Å². The number of nitrogens with one attached hydrogen (secondary N) is 1. The standard InChI is InChI=1S/C13H20N2O/c1-10-3-5-15(6-4-10)9-12-7-13(11(2)16)14-8-12/h7-8,10,14H,3-6,9H2,1-2H3. The molecule has 3 heteroatoms. The van der Waals surface area contributed by atoms with Gasteiger partial charge >= 0.3 is 0 Å². The number of likely N-dealkylation sites (tertiary alicyclic amines) is 1. The van der Waals surface area contributed by atoms with Gasteiger partial charge in [-0.15, -0.1) is 0 Å². The topological polar surface area (TPSA) is 36.1 Å². The van der Waals surface area contributed by atoms with E-state index in [4.69, 9.17) is 0 Å². The van der Waals surface area contributed by atoms with E-state index in [-0.39, 0.29) is 5.78 Å². The van der Waals surface area contributed by atoms with Crippen molar-refractivity contribution in [2.24, 2.45) is 5.92 Å². The lowest BCUT2D eigenvalue weighted by Gasteiger charge is -2.29. The number of carbonyl (C=O) groups is 1. The van der Waals surface area contributed by atoms with E-state index >= 15 is 0 Å². The minimum absolute atomic E-state index is 0.110. The summed E-state index contributed by atoms with van der Waals surface area (Å²) in [6, 6.07) is 1.97. The number of hydrogen-bond acceptors (Lipinski definition) is 2. The van der Waals surface area contributed by atoms with E-state index in [1.807, 2.05) is 12.3 Å². The summed E-state index contributed by atoms with van der Waals surface area (Å²) in [5, 5.41) is 0. The van der Waals surface area contributed by atoms with Gasteiger partial charge in [0, 0.05) is 19.7 Å². The maximum atomic E-state index is 11.1. The molecule has 0 aliphatic carbocycles. The van der Waals surface area contributed by atoms with Crippen molar-refractivity contribution in [1.82, 2.24) is 9.88 Å². The number of Topliss-reactive ketones (excluding diaryl/α,β-unsaturated/α-hetero) is 1. The van der Waals surface area contributed by atoms with E-state index < -0.39 is 0 Å². The number of aromatic amines is 1. The summed E-state index contributed by atoms with van der Waals surface area (Å²) in [5.41, 5.74) is 1.94. The summed E-state index contributed by atoms with van der Waals surface area (Å²) in [7, 11) is 0. The molecule has 1 fully saturated rings. The number of H-pyrrole nitrogens is 1. The third kappa shape index (κ3) is 2.73. The lowest BCUT2D eigenvalue weighted by molar-refractivity contribution is 0.101. The van der Waals surface area contributed by atoms with Crippen LogP contribution in [0.25, 0.3) is 0 Å². The highest BCUT2D eigenvalue weighted by Crippen LogP contribution is 2.18. The monoisotopic (exact) mass is 220 g/mol.